The summed E-state index contributed by atoms with van der Waals surface area (Å²) in [4.78, 5) is 26.7. The Hall–Kier alpha value is -3.00. The van der Waals surface area contributed by atoms with E-state index >= 15 is 0 Å². The molecule has 2 aromatic heterocycles. The summed E-state index contributed by atoms with van der Waals surface area (Å²) in [5, 5.41) is 3.91. The van der Waals surface area contributed by atoms with Crippen molar-refractivity contribution in [3.05, 3.63) is 53.2 Å². The summed E-state index contributed by atoms with van der Waals surface area (Å²) in [5.41, 5.74) is 9.05. The van der Waals surface area contributed by atoms with E-state index in [1.165, 1.54) is 17.7 Å². The molecule has 4 N–H and O–H groups in total. The summed E-state index contributed by atoms with van der Waals surface area (Å²) >= 11 is 0. The van der Waals surface area contributed by atoms with Gasteiger partial charge in [0.05, 0.1) is 10.9 Å². The van der Waals surface area contributed by atoms with E-state index in [0.717, 1.165) is 35.4 Å². The molecule has 7 nitrogen and oxygen atoms in total. The molecule has 1 saturated heterocycles. The summed E-state index contributed by atoms with van der Waals surface area (Å²) in [6.45, 7) is 5.49. The first-order chi connectivity index (χ1) is 13.9. The van der Waals surface area contributed by atoms with Crippen LogP contribution in [0.25, 0.3) is 11.0 Å². The van der Waals surface area contributed by atoms with Crippen molar-refractivity contribution in [1.82, 2.24) is 20.3 Å². The zero-order valence-corrected chi connectivity index (χ0v) is 16.6. The number of anilines is 1. The number of nitrogens with zero attached hydrogens (tertiary/aromatic N) is 3. The van der Waals surface area contributed by atoms with Gasteiger partial charge in [0.1, 0.15) is 23.6 Å². The van der Waals surface area contributed by atoms with E-state index in [2.05, 4.69) is 32.1 Å². The molecule has 152 valence electrons. The van der Waals surface area contributed by atoms with Crippen LogP contribution in [0.3, 0.4) is 0 Å². The Kier molecular flexibility index (Phi) is 4.96. The Balaban J connectivity index is 1.48. The summed E-state index contributed by atoms with van der Waals surface area (Å²) in [6.07, 6.45) is 5.12. The third-order valence-electron chi connectivity index (χ3n) is 5.64. The topological polar surface area (TPSA) is 99.9 Å². The second-order valence-corrected chi connectivity index (χ2v) is 7.76. The molecule has 1 atom stereocenters. The van der Waals surface area contributed by atoms with Crippen LogP contribution in [-0.4, -0.2) is 46.0 Å². The molecule has 1 aliphatic rings. The number of nitrogens with two attached hydrogens (primary N) is 1. The first-order valence-electron chi connectivity index (χ1n) is 9.79. The van der Waals surface area contributed by atoms with Gasteiger partial charge in [0.2, 0.25) is 0 Å². The van der Waals surface area contributed by atoms with Gasteiger partial charge < -0.3 is 20.9 Å². The highest BCUT2D eigenvalue weighted by Crippen LogP contribution is 2.31. The first-order valence-corrected chi connectivity index (χ1v) is 9.79. The Morgan fingerprint density at radius 1 is 1.41 bits per heavy atom. The summed E-state index contributed by atoms with van der Waals surface area (Å²) in [7, 11) is 0. The minimum atomic E-state index is -0.586. The zero-order chi connectivity index (χ0) is 20.6. The van der Waals surface area contributed by atoms with Crippen LogP contribution in [0.15, 0.2) is 30.7 Å². The molecule has 0 radical (unpaired) electrons. The Bertz CT molecular complexity index is 1060. The lowest BCUT2D eigenvalue weighted by Crippen LogP contribution is -2.52. The molecule has 0 aliphatic carbocycles. The van der Waals surface area contributed by atoms with Gasteiger partial charge in [0.15, 0.2) is 0 Å². The largest absolute Gasteiger partial charge is 0.354 e. The van der Waals surface area contributed by atoms with E-state index in [9.17, 15) is 9.18 Å². The number of rotatable bonds is 5. The van der Waals surface area contributed by atoms with Crippen molar-refractivity contribution in [3.63, 3.8) is 0 Å². The van der Waals surface area contributed by atoms with Crippen molar-refractivity contribution in [2.45, 2.75) is 32.2 Å². The number of aromatic nitrogens is 3. The average molecular weight is 396 g/mol. The molecule has 0 saturated carbocycles. The third kappa shape index (κ3) is 3.67. The van der Waals surface area contributed by atoms with Crippen LogP contribution in [0.5, 0.6) is 0 Å². The molecule has 1 fully saturated rings. The van der Waals surface area contributed by atoms with Crippen LogP contribution < -0.4 is 16.0 Å². The van der Waals surface area contributed by atoms with Crippen LogP contribution in [0, 0.1) is 12.7 Å². The zero-order valence-electron chi connectivity index (χ0n) is 16.6. The van der Waals surface area contributed by atoms with Crippen LogP contribution >= 0.6 is 0 Å². The molecular weight excluding hydrogens is 371 g/mol. The lowest BCUT2D eigenvalue weighted by Gasteiger charge is -2.26. The van der Waals surface area contributed by atoms with Crippen molar-refractivity contribution in [2.75, 3.05) is 24.5 Å². The lowest BCUT2D eigenvalue weighted by atomic mass is 10.00. The predicted molar refractivity (Wildman–Crippen MR) is 110 cm³/mol. The van der Waals surface area contributed by atoms with Gasteiger partial charge >= 0.3 is 0 Å². The van der Waals surface area contributed by atoms with Gasteiger partial charge in [-0.15, -0.1) is 0 Å². The molecule has 4 rings (SSSR count). The van der Waals surface area contributed by atoms with Crippen LogP contribution in [0.4, 0.5) is 10.2 Å². The van der Waals surface area contributed by atoms with E-state index in [4.69, 9.17) is 5.73 Å². The minimum absolute atomic E-state index is 0.306. The molecule has 0 bridgehead atoms. The van der Waals surface area contributed by atoms with E-state index in [1.807, 2.05) is 6.20 Å². The van der Waals surface area contributed by atoms with Crippen molar-refractivity contribution in [3.8, 4) is 0 Å². The van der Waals surface area contributed by atoms with Gasteiger partial charge in [-0.05, 0) is 43.0 Å². The highest BCUT2D eigenvalue weighted by molar-refractivity contribution is 5.95. The number of carbonyl (C=O) groups excluding carboxylic acids is 1. The summed E-state index contributed by atoms with van der Waals surface area (Å²) in [6, 6.07) is 4.20. The van der Waals surface area contributed by atoms with Crippen molar-refractivity contribution in [2.24, 2.45) is 5.73 Å². The third-order valence-corrected chi connectivity index (χ3v) is 5.64. The molecule has 3 heterocycles. The molecule has 8 heteroatoms. The van der Waals surface area contributed by atoms with Gasteiger partial charge in [-0.2, -0.15) is 0 Å². The molecule has 0 unspecified atom stereocenters. The highest BCUT2D eigenvalue weighted by atomic mass is 19.1. The number of aromatic amines is 1. The second-order valence-electron chi connectivity index (χ2n) is 7.76. The standard InChI is InChI=1S/C21H25FN6O/c1-3-14-9-24-18-17(14)19(27-12-26-18)28-7-6-21(23,11-28)10-25-20(29)16-8-15(22)5-4-13(16)2/h4-5,8-9,12H,3,6-7,10-11,23H2,1-2H3,(H,25,29)(H,24,26,27)/t21-/m0/s1. The molecule has 1 aromatic carbocycles. The second kappa shape index (κ2) is 7.44. The number of hydrogen-bond donors (Lipinski definition) is 3. The maximum Gasteiger partial charge on any atom is 0.251 e. The normalized spacial score (nSPS) is 19.1. The molecule has 1 amide bonds. The number of aryl methyl sites for hydroxylation is 2. The maximum atomic E-state index is 13.5. The van der Waals surface area contributed by atoms with Gasteiger partial charge in [-0.3, -0.25) is 4.79 Å². The van der Waals surface area contributed by atoms with E-state index in [1.54, 1.807) is 19.3 Å². The van der Waals surface area contributed by atoms with E-state index in [0.29, 0.717) is 25.1 Å². The van der Waals surface area contributed by atoms with Gasteiger partial charge in [0.25, 0.3) is 5.91 Å². The van der Waals surface area contributed by atoms with Gasteiger partial charge in [-0.1, -0.05) is 13.0 Å². The number of carbonyl (C=O) groups is 1. The SMILES string of the molecule is CCc1c[nH]c2ncnc(N3CC[C@](N)(CNC(=O)c4cc(F)ccc4C)C3)c12. The monoisotopic (exact) mass is 396 g/mol. The van der Waals surface area contributed by atoms with Crippen molar-refractivity contribution >= 4 is 22.8 Å². The van der Waals surface area contributed by atoms with Crippen LogP contribution in [0.1, 0.15) is 34.8 Å². The summed E-state index contributed by atoms with van der Waals surface area (Å²) < 4.78 is 13.5. The fourth-order valence-corrected chi connectivity index (χ4v) is 3.94. The molecule has 1 aliphatic heterocycles. The number of nitrogens with one attached hydrogen (secondary N) is 2. The highest BCUT2D eigenvalue weighted by Gasteiger charge is 2.36. The van der Waals surface area contributed by atoms with Crippen LogP contribution in [0.2, 0.25) is 0 Å². The van der Waals surface area contributed by atoms with Crippen molar-refractivity contribution in [1.29, 1.82) is 0 Å². The fourth-order valence-electron chi connectivity index (χ4n) is 3.94. The molecule has 0 spiro atoms. The molecule has 29 heavy (non-hydrogen) atoms. The number of fused-ring (bicyclic) bond motifs is 1. The molecular formula is C21H25FN6O. The van der Waals surface area contributed by atoms with Crippen LogP contribution in [-0.2, 0) is 6.42 Å². The predicted octanol–water partition coefficient (Wildman–Crippen LogP) is 2.31. The van der Waals surface area contributed by atoms with Crippen molar-refractivity contribution < 1.29 is 9.18 Å². The number of hydrogen-bond acceptors (Lipinski definition) is 5. The smallest absolute Gasteiger partial charge is 0.251 e. The Morgan fingerprint density at radius 2 is 2.24 bits per heavy atom. The average Bonchev–Trinajstić information content (AvgIpc) is 3.32. The van der Waals surface area contributed by atoms with Gasteiger partial charge in [-0.25, -0.2) is 14.4 Å². The van der Waals surface area contributed by atoms with E-state index in [-0.39, 0.29) is 5.91 Å². The maximum absolute atomic E-state index is 13.5. The quantitative estimate of drug-likeness (QED) is 0.615. The number of amides is 1. The number of benzene rings is 1. The summed E-state index contributed by atoms with van der Waals surface area (Å²) in [5.74, 6) is 0.127. The number of H-pyrrole nitrogens is 1. The Morgan fingerprint density at radius 3 is 3.03 bits per heavy atom. The molecule has 3 aromatic rings. The Labute approximate surface area is 168 Å². The van der Waals surface area contributed by atoms with E-state index < -0.39 is 11.4 Å². The van der Waals surface area contributed by atoms with Gasteiger partial charge in [0, 0.05) is 31.4 Å². The first kappa shape index (κ1) is 19.3. The lowest BCUT2D eigenvalue weighted by molar-refractivity contribution is 0.0944. The fraction of sp³-hybridized carbons (Fsp3) is 0.381. The minimum Gasteiger partial charge on any atom is -0.354 e. The number of halogens is 1.